The third-order valence-electron chi connectivity index (χ3n) is 3.07. The summed E-state index contributed by atoms with van der Waals surface area (Å²) >= 11 is 0. The van der Waals surface area contributed by atoms with Crippen molar-refractivity contribution in [3.63, 3.8) is 0 Å². The normalized spacial score (nSPS) is 14.7. The molecule has 1 heterocycles. The molecule has 1 N–H and O–H groups in total. The maximum Gasteiger partial charge on any atom is 0.339 e. The number of hydrogen-bond acceptors (Lipinski definition) is 4. The lowest BCUT2D eigenvalue weighted by Crippen LogP contribution is -2.37. The van der Waals surface area contributed by atoms with Crippen LogP contribution in [0.2, 0.25) is 0 Å². The van der Waals surface area contributed by atoms with Gasteiger partial charge in [-0.2, -0.15) is 0 Å². The minimum absolute atomic E-state index is 0.169. The predicted molar refractivity (Wildman–Crippen MR) is 76.8 cm³/mol. The third kappa shape index (κ3) is 3.42. The Morgan fingerprint density at radius 1 is 1.45 bits per heavy atom. The highest BCUT2D eigenvalue weighted by Gasteiger charge is 2.23. The molecule has 0 amide bonds. The molecule has 1 aromatic carbocycles. The zero-order chi connectivity index (χ0) is 14.8. The minimum atomic E-state index is -0.963. The van der Waals surface area contributed by atoms with Gasteiger partial charge >= 0.3 is 5.97 Å². The Labute approximate surface area is 119 Å². The Morgan fingerprint density at radius 2 is 2.20 bits per heavy atom. The minimum Gasteiger partial charge on any atom is -0.489 e. The van der Waals surface area contributed by atoms with Gasteiger partial charge in [0.25, 0.3) is 0 Å². The Bertz CT molecular complexity index is 493. The van der Waals surface area contributed by atoms with Crippen LogP contribution in [-0.4, -0.2) is 43.0 Å². The van der Waals surface area contributed by atoms with Crippen LogP contribution in [-0.2, 0) is 4.74 Å². The molecule has 0 aliphatic carbocycles. The zero-order valence-corrected chi connectivity index (χ0v) is 12.2. The molecule has 5 nitrogen and oxygen atoms in total. The van der Waals surface area contributed by atoms with E-state index in [9.17, 15) is 9.90 Å². The standard InChI is InChI=1S/C15H21NO4/c1-15(2,3)20-10-8-16-7-9-19-13-11(14(17)18)5-4-6-12(13)16/h4-6H,7-10H2,1-3H3,(H,17,18). The summed E-state index contributed by atoms with van der Waals surface area (Å²) in [6.45, 7) is 8.60. The first kappa shape index (κ1) is 14.7. The fraction of sp³-hybridized carbons (Fsp3) is 0.533. The third-order valence-corrected chi connectivity index (χ3v) is 3.07. The van der Waals surface area contributed by atoms with E-state index in [4.69, 9.17) is 9.47 Å². The van der Waals surface area contributed by atoms with E-state index in [1.54, 1.807) is 12.1 Å². The second kappa shape index (κ2) is 5.71. The summed E-state index contributed by atoms with van der Waals surface area (Å²) in [6, 6.07) is 5.20. The van der Waals surface area contributed by atoms with E-state index in [-0.39, 0.29) is 11.2 Å². The number of para-hydroxylation sites is 1. The van der Waals surface area contributed by atoms with E-state index in [2.05, 4.69) is 4.90 Å². The van der Waals surface area contributed by atoms with Gasteiger partial charge in [0, 0.05) is 6.54 Å². The second-order valence-corrected chi connectivity index (χ2v) is 5.76. The molecule has 2 rings (SSSR count). The van der Waals surface area contributed by atoms with Crippen molar-refractivity contribution in [2.24, 2.45) is 0 Å². The number of benzene rings is 1. The number of aromatic carboxylic acids is 1. The van der Waals surface area contributed by atoms with Crippen molar-refractivity contribution < 1.29 is 19.4 Å². The number of carboxylic acid groups (broad SMARTS) is 1. The van der Waals surface area contributed by atoms with Gasteiger partial charge in [0.15, 0.2) is 5.75 Å². The van der Waals surface area contributed by atoms with Gasteiger partial charge < -0.3 is 19.5 Å². The van der Waals surface area contributed by atoms with Crippen LogP contribution in [0.1, 0.15) is 31.1 Å². The Balaban J connectivity index is 2.12. The monoisotopic (exact) mass is 279 g/mol. The number of carbonyl (C=O) groups is 1. The molecule has 0 atom stereocenters. The number of fused-ring (bicyclic) bond motifs is 1. The Morgan fingerprint density at radius 3 is 2.85 bits per heavy atom. The van der Waals surface area contributed by atoms with Gasteiger partial charge in [0.1, 0.15) is 12.2 Å². The van der Waals surface area contributed by atoms with Gasteiger partial charge in [-0.1, -0.05) is 6.07 Å². The first-order valence-electron chi connectivity index (χ1n) is 6.76. The topological polar surface area (TPSA) is 59.0 Å². The highest BCUT2D eigenvalue weighted by atomic mass is 16.5. The summed E-state index contributed by atoms with van der Waals surface area (Å²) in [5, 5.41) is 9.19. The Hall–Kier alpha value is -1.75. The fourth-order valence-electron chi connectivity index (χ4n) is 2.17. The molecule has 20 heavy (non-hydrogen) atoms. The summed E-state index contributed by atoms with van der Waals surface area (Å²) in [4.78, 5) is 13.3. The van der Waals surface area contributed by atoms with Crippen LogP contribution in [0.5, 0.6) is 5.75 Å². The summed E-state index contributed by atoms with van der Waals surface area (Å²) in [5.41, 5.74) is 0.871. The van der Waals surface area contributed by atoms with Crippen LogP contribution in [0.4, 0.5) is 5.69 Å². The Kier molecular flexibility index (Phi) is 4.18. The molecule has 0 saturated carbocycles. The molecule has 0 radical (unpaired) electrons. The summed E-state index contributed by atoms with van der Waals surface area (Å²) < 4.78 is 11.3. The molecule has 0 unspecified atom stereocenters. The van der Waals surface area contributed by atoms with Crippen molar-refractivity contribution in [2.75, 3.05) is 31.2 Å². The van der Waals surface area contributed by atoms with Crippen molar-refractivity contribution in [1.29, 1.82) is 0 Å². The maximum absolute atomic E-state index is 11.2. The van der Waals surface area contributed by atoms with Crippen LogP contribution in [0.15, 0.2) is 18.2 Å². The summed E-state index contributed by atoms with van der Waals surface area (Å²) in [5.74, 6) is -0.503. The van der Waals surface area contributed by atoms with Crippen molar-refractivity contribution >= 4 is 11.7 Å². The second-order valence-electron chi connectivity index (χ2n) is 5.76. The van der Waals surface area contributed by atoms with E-state index in [1.165, 1.54) is 0 Å². The van der Waals surface area contributed by atoms with E-state index in [0.717, 1.165) is 18.8 Å². The first-order valence-corrected chi connectivity index (χ1v) is 6.76. The molecule has 1 aromatic rings. The van der Waals surface area contributed by atoms with E-state index in [0.29, 0.717) is 19.0 Å². The SMILES string of the molecule is CC(C)(C)OCCN1CCOc2c(C(=O)O)cccc21. The van der Waals surface area contributed by atoms with Gasteiger partial charge in [-0.15, -0.1) is 0 Å². The average molecular weight is 279 g/mol. The van der Waals surface area contributed by atoms with Crippen LogP contribution < -0.4 is 9.64 Å². The highest BCUT2D eigenvalue weighted by Crippen LogP contribution is 2.34. The highest BCUT2D eigenvalue weighted by molar-refractivity contribution is 5.93. The summed E-state index contributed by atoms with van der Waals surface area (Å²) in [6.07, 6.45) is 0. The quantitative estimate of drug-likeness (QED) is 0.917. The molecule has 1 aliphatic heterocycles. The molecule has 5 heteroatoms. The van der Waals surface area contributed by atoms with Crippen LogP contribution in [0.3, 0.4) is 0 Å². The molecule has 1 aliphatic rings. The average Bonchev–Trinajstić information content (AvgIpc) is 2.36. The number of ether oxygens (including phenoxy) is 2. The van der Waals surface area contributed by atoms with Gasteiger partial charge in [-0.25, -0.2) is 4.79 Å². The van der Waals surface area contributed by atoms with Gasteiger partial charge in [0.2, 0.25) is 0 Å². The van der Waals surface area contributed by atoms with E-state index < -0.39 is 5.97 Å². The van der Waals surface area contributed by atoms with Gasteiger partial charge in [-0.05, 0) is 32.9 Å². The van der Waals surface area contributed by atoms with Crippen LogP contribution in [0, 0.1) is 0 Å². The number of carboxylic acids is 1. The lowest BCUT2D eigenvalue weighted by atomic mass is 10.1. The predicted octanol–water partition coefficient (Wildman–Crippen LogP) is 2.40. The molecule has 0 saturated heterocycles. The van der Waals surface area contributed by atoms with Crippen LogP contribution in [0.25, 0.3) is 0 Å². The van der Waals surface area contributed by atoms with Crippen molar-refractivity contribution in [3.8, 4) is 5.75 Å². The van der Waals surface area contributed by atoms with Crippen molar-refractivity contribution in [3.05, 3.63) is 23.8 Å². The number of hydrogen-bond donors (Lipinski definition) is 1. The fourth-order valence-corrected chi connectivity index (χ4v) is 2.17. The number of rotatable bonds is 4. The van der Waals surface area contributed by atoms with Crippen molar-refractivity contribution in [1.82, 2.24) is 0 Å². The molecule has 0 aromatic heterocycles. The number of anilines is 1. The van der Waals surface area contributed by atoms with E-state index in [1.807, 2.05) is 26.8 Å². The number of nitrogens with zero attached hydrogens (tertiary/aromatic N) is 1. The zero-order valence-electron chi connectivity index (χ0n) is 12.2. The molecule has 0 bridgehead atoms. The van der Waals surface area contributed by atoms with Crippen molar-refractivity contribution in [2.45, 2.75) is 26.4 Å². The smallest absolute Gasteiger partial charge is 0.339 e. The molecule has 110 valence electrons. The van der Waals surface area contributed by atoms with Crippen LogP contribution >= 0.6 is 0 Å². The summed E-state index contributed by atoms with van der Waals surface area (Å²) in [7, 11) is 0. The molecular weight excluding hydrogens is 258 g/mol. The molecule has 0 spiro atoms. The first-order chi connectivity index (χ1) is 9.38. The van der Waals surface area contributed by atoms with Gasteiger partial charge in [-0.3, -0.25) is 0 Å². The van der Waals surface area contributed by atoms with E-state index >= 15 is 0 Å². The molecular formula is C15H21NO4. The maximum atomic E-state index is 11.2. The van der Waals surface area contributed by atoms with Gasteiger partial charge in [0.05, 0.1) is 24.4 Å². The lowest BCUT2D eigenvalue weighted by Gasteiger charge is -2.32. The molecule has 0 fully saturated rings. The lowest BCUT2D eigenvalue weighted by molar-refractivity contribution is 0.00105. The largest absolute Gasteiger partial charge is 0.489 e.